The first-order valence-corrected chi connectivity index (χ1v) is 11.5. The van der Waals surface area contributed by atoms with Gasteiger partial charge in [0, 0.05) is 40.5 Å². The van der Waals surface area contributed by atoms with Crippen LogP contribution in [-0.2, 0) is 17.9 Å². The van der Waals surface area contributed by atoms with Gasteiger partial charge in [-0.2, -0.15) is 0 Å². The highest BCUT2D eigenvalue weighted by Crippen LogP contribution is 2.38. The lowest BCUT2D eigenvalue weighted by Crippen LogP contribution is -2.06. The number of rotatable bonds is 9. The van der Waals surface area contributed by atoms with Gasteiger partial charge < -0.3 is 20.1 Å². The van der Waals surface area contributed by atoms with Gasteiger partial charge in [-0.25, -0.2) is 0 Å². The number of amides is 1. The van der Waals surface area contributed by atoms with Crippen LogP contribution in [0.3, 0.4) is 0 Å². The minimum absolute atomic E-state index is 0.0990. The predicted molar refractivity (Wildman–Crippen MR) is 134 cm³/mol. The van der Waals surface area contributed by atoms with Crippen LogP contribution in [0.4, 0.5) is 11.4 Å². The summed E-state index contributed by atoms with van der Waals surface area (Å²) < 4.78 is 12.6. The summed E-state index contributed by atoms with van der Waals surface area (Å²) in [5.41, 5.74) is 3.42. The molecule has 0 aliphatic heterocycles. The topological polar surface area (TPSA) is 59.6 Å². The summed E-state index contributed by atoms with van der Waals surface area (Å²) in [6.45, 7) is 4.70. The van der Waals surface area contributed by atoms with E-state index in [0.29, 0.717) is 34.7 Å². The van der Waals surface area contributed by atoms with E-state index in [1.54, 1.807) is 18.2 Å². The first kappa shape index (κ1) is 24.2. The minimum Gasteiger partial charge on any atom is -0.490 e. The smallest absolute Gasteiger partial charge is 0.221 e. The van der Waals surface area contributed by atoms with E-state index >= 15 is 0 Å². The molecule has 3 aromatic rings. The third-order valence-electron chi connectivity index (χ3n) is 4.49. The Labute approximate surface area is 206 Å². The second-order valence-corrected chi connectivity index (χ2v) is 8.61. The molecule has 5 nitrogen and oxygen atoms in total. The molecule has 0 aliphatic rings. The molecule has 2 N–H and O–H groups in total. The zero-order chi connectivity index (χ0) is 23.1. The summed E-state index contributed by atoms with van der Waals surface area (Å²) in [7, 11) is 0. The maximum Gasteiger partial charge on any atom is 0.221 e. The quantitative estimate of drug-likeness (QED) is 0.300. The Bertz CT molecular complexity index is 1070. The number of carbonyl (C=O) groups is 1. The normalized spacial score (nSPS) is 10.5. The number of carbonyl (C=O) groups excluding carboxylic acids is 1. The van der Waals surface area contributed by atoms with E-state index in [-0.39, 0.29) is 12.5 Å². The van der Waals surface area contributed by atoms with Crippen LogP contribution in [0.15, 0.2) is 59.1 Å². The lowest BCUT2D eigenvalue weighted by atomic mass is 10.2. The molecule has 0 radical (unpaired) electrons. The summed E-state index contributed by atoms with van der Waals surface area (Å²) >= 11 is 16.1. The monoisotopic (exact) mass is 536 g/mol. The summed E-state index contributed by atoms with van der Waals surface area (Å²) in [4.78, 5) is 11.1. The Morgan fingerprint density at radius 2 is 1.66 bits per heavy atom. The van der Waals surface area contributed by atoms with Gasteiger partial charge in [-0.15, -0.1) is 0 Å². The molecule has 3 aromatic carbocycles. The van der Waals surface area contributed by atoms with E-state index in [9.17, 15) is 4.79 Å². The Kier molecular flexibility index (Phi) is 8.67. The number of ether oxygens (including phenoxy) is 2. The lowest BCUT2D eigenvalue weighted by Gasteiger charge is -2.17. The number of hydrogen-bond acceptors (Lipinski definition) is 4. The molecule has 0 aliphatic carbocycles. The van der Waals surface area contributed by atoms with Gasteiger partial charge in [-0.3, -0.25) is 4.79 Å². The predicted octanol–water partition coefficient (Wildman–Crippen LogP) is 7.30. The molecule has 0 aromatic heterocycles. The first-order chi connectivity index (χ1) is 15.4. The van der Waals surface area contributed by atoms with Crippen molar-refractivity contribution in [1.82, 2.24) is 0 Å². The van der Waals surface area contributed by atoms with Crippen molar-refractivity contribution in [3.05, 3.63) is 80.2 Å². The van der Waals surface area contributed by atoms with Gasteiger partial charge in [0.2, 0.25) is 5.91 Å². The summed E-state index contributed by atoms with van der Waals surface area (Å²) in [6.07, 6.45) is 0. The van der Waals surface area contributed by atoms with Crippen molar-refractivity contribution in [2.45, 2.75) is 27.0 Å². The SMILES string of the molecule is CCOc1cc(CNc2ccc(NC(C)=O)cc2)cc(Br)c1OCc1c(Cl)cccc1Cl. The van der Waals surface area contributed by atoms with Crippen molar-refractivity contribution < 1.29 is 14.3 Å². The zero-order valence-corrected chi connectivity index (χ0v) is 20.8. The minimum atomic E-state index is -0.0990. The van der Waals surface area contributed by atoms with Crippen LogP contribution >= 0.6 is 39.1 Å². The maximum absolute atomic E-state index is 11.1. The fraction of sp³-hybridized carbons (Fsp3) is 0.208. The Balaban J connectivity index is 1.72. The van der Waals surface area contributed by atoms with Crippen molar-refractivity contribution in [3.63, 3.8) is 0 Å². The molecule has 168 valence electrons. The highest BCUT2D eigenvalue weighted by atomic mass is 79.9. The molecule has 0 bridgehead atoms. The van der Waals surface area contributed by atoms with Crippen molar-refractivity contribution in [2.75, 3.05) is 17.2 Å². The van der Waals surface area contributed by atoms with Crippen LogP contribution in [0.25, 0.3) is 0 Å². The molecule has 0 saturated carbocycles. The molecular weight excluding hydrogens is 515 g/mol. The van der Waals surface area contributed by atoms with Gasteiger partial charge in [0.15, 0.2) is 11.5 Å². The van der Waals surface area contributed by atoms with Gasteiger partial charge in [0.05, 0.1) is 11.1 Å². The maximum atomic E-state index is 11.1. The van der Waals surface area contributed by atoms with E-state index in [1.807, 2.05) is 43.3 Å². The fourth-order valence-corrected chi connectivity index (χ4v) is 4.13. The van der Waals surface area contributed by atoms with E-state index < -0.39 is 0 Å². The fourth-order valence-electron chi connectivity index (χ4n) is 3.02. The highest BCUT2D eigenvalue weighted by Gasteiger charge is 2.15. The van der Waals surface area contributed by atoms with Gasteiger partial charge in [-0.05, 0) is 76.9 Å². The summed E-state index contributed by atoms with van der Waals surface area (Å²) in [6, 6.07) is 16.8. The summed E-state index contributed by atoms with van der Waals surface area (Å²) in [5.74, 6) is 1.12. The van der Waals surface area contributed by atoms with E-state index in [2.05, 4.69) is 26.6 Å². The second kappa shape index (κ2) is 11.5. The highest BCUT2D eigenvalue weighted by molar-refractivity contribution is 9.10. The van der Waals surface area contributed by atoms with Crippen LogP contribution in [0, 0.1) is 0 Å². The van der Waals surface area contributed by atoms with Crippen LogP contribution < -0.4 is 20.1 Å². The molecule has 8 heteroatoms. The van der Waals surface area contributed by atoms with Gasteiger partial charge >= 0.3 is 0 Å². The van der Waals surface area contributed by atoms with E-state index in [0.717, 1.165) is 27.0 Å². The molecule has 0 spiro atoms. The Morgan fingerprint density at radius 1 is 1.00 bits per heavy atom. The average molecular weight is 538 g/mol. The van der Waals surface area contributed by atoms with Crippen molar-refractivity contribution in [3.8, 4) is 11.5 Å². The standard InChI is InChI=1S/C24H23BrCl2N2O3/c1-3-31-23-12-16(13-28-17-7-9-18(10-8-17)29-15(2)30)11-20(25)24(23)32-14-19-21(26)5-4-6-22(19)27/h4-12,28H,3,13-14H2,1-2H3,(H,29,30). The van der Waals surface area contributed by atoms with Gasteiger partial charge in [-0.1, -0.05) is 29.3 Å². The molecular formula is C24H23BrCl2N2O3. The van der Waals surface area contributed by atoms with Crippen LogP contribution in [0.5, 0.6) is 11.5 Å². The Morgan fingerprint density at radius 3 is 2.28 bits per heavy atom. The molecule has 0 atom stereocenters. The second-order valence-electron chi connectivity index (χ2n) is 6.94. The third kappa shape index (κ3) is 6.55. The molecule has 1 amide bonds. The number of anilines is 2. The van der Waals surface area contributed by atoms with Crippen LogP contribution in [-0.4, -0.2) is 12.5 Å². The number of nitrogens with one attached hydrogen (secondary N) is 2. The molecule has 0 saturated heterocycles. The summed E-state index contributed by atoms with van der Waals surface area (Å²) in [5, 5.41) is 7.22. The lowest BCUT2D eigenvalue weighted by molar-refractivity contribution is -0.114. The number of hydrogen-bond donors (Lipinski definition) is 2. The average Bonchev–Trinajstić information content (AvgIpc) is 2.74. The van der Waals surface area contributed by atoms with E-state index in [4.69, 9.17) is 32.7 Å². The third-order valence-corrected chi connectivity index (χ3v) is 5.79. The van der Waals surface area contributed by atoms with Crippen LogP contribution in [0.1, 0.15) is 25.0 Å². The zero-order valence-electron chi connectivity index (χ0n) is 17.7. The van der Waals surface area contributed by atoms with Crippen LogP contribution in [0.2, 0.25) is 10.0 Å². The first-order valence-electron chi connectivity index (χ1n) is 9.99. The molecule has 32 heavy (non-hydrogen) atoms. The molecule has 0 unspecified atom stereocenters. The Hall–Kier alpha value is -2.41. The van der Waals surface area contributed by atoms with Gasteiger partial charge in [0.1, 0.15) is 6.61 Å². The van der Waals surface area contributed by atoms with E-state index in [1.165, 1.54) is 6.92 Å². The van der Waals surface area contributed by atoms with Crippen molar-refractivity contribution in [2.24, 2.45) is 0 Å². The number of benzene rings is 3. The number of halogens is 3. The molecule has 3 rings (SSSR count). The van der Waals surface area contributed by atoms with Crippen molar-refractivity contribution in [1.29, 1.82) is 0 Å². The molecule has 0 heterocycles. The van der Waals surface area contributed by atoms with Crippen molar-refractivity contribution >= 4 is 56.4 Å². The van der Waals surface area contributed by atoms with Gasteiger partial charge in [0.25, 0.3) is 0 Å². The largest absolute Gasteiger partial charge is 0.490 e. The molecule has 0 fully saturated rings.